The molecule has 0 atom stereocenters. The molecule has 0 unspecified atom stereocenters. The molecule has 0 aromatic heterocycles. The average Bonchev–Trinajstić information content (AvgIpc) is 2.34. The van der Waals surface area contributed by atoms with Gasteiger partial charge in [-0.2, -0.15) is 0 Å². The van der Waals surface area contributed by atoms with Gasteiger partial charge in [0.05, 0.1) is 0 Å². The summed E-state index contributed by atoms with van der Waals surface area (Å²) >= 11 is 15.3. The predicted molar refractivity (Wildman–Crippen MR) is 88.0 cm³/mol. The minimum atomic E-state index is -0.240. The van der Waals surface area contributed by atoms with Gasteiger partial charge in [0, 0.05) is 25.8 Å². The lowest BCUT2D eigenvalue weighted by atomic mass is 10.1. The van der Waals surface area contributed by atoms with Crippen LogP contribution in [0.15, 0.2) is 34.8 Å². The minimum Gasteiger partial charge on any atom is -0.322 e. The number of amides is 1. The molecule has 0 saturated carbocycles. The molecule has 0 aliphatic rings. The highest BCUT2D eigenvalue weighted by Crippen LogP contribution is 2.26. The van der Waals surface area contributed by atoms with Crippen LogP contribution >= 0.6 is 39.1 Å². The Morgan fingerprint density at radius 1 is 1.00 bits per heavy atom. The number of hydrogen-bond donors (Lipinski definition) is 1. The van der Waals surface area contributed by atoms with Gasteiger partial charge in [0.1, 0.15) is 0 Å². The van der Waals surface area contributed by atoms with Gasteiger partial charge < -0.3 is 5.32 Å². The summed E-state index contributed by atoms with van der Waals surface area (Å²) in [7, 11) is 0. The molecule has 0 heterocycles. The van der Waals surface area contributed by atoms with E-state index in [0.29, 0.717) is 15.6 Å². The standard InChI is InChI=1S/C15H12BrCl2NO/c1-8-3-13(4-9(2)14(8)16)19-15(20)10-5-11(17)7-12(18)6-10/h3-7H,1-2H3,(H,19,20). The maximum absolute atomic E-state index is 12.2. The Labute approximate surface area is 136 Å². The highest BCUT2D eigenvalue weighted by Gasteiger charge is 2.10. The van der Waals surface area contributed by atoms with Crippen LogP contribution in [0.2, 0.25) is 10.0 Å². The van der Waals surface area contributed by atoms with Crippen LogP contribution in [0.1, 0.15) is 21.5 Å². The number of rotatable bonds is 2. The quantitative estimate of drug-likeness (QED) is 0.727. The van der Waals surface area contributed by atoms with Crippen molar-refractivity contribution in [1.82, 2.24) is 0 Å². The van der Waals surface area contributed by atoms with Gasteiger partial charge in [-0.25, -0.2) is 0 Å². The summed E-state index contributed by atoms with van der Waals surface area (Å²) in [5.74, 6) is -0.240. The molecular formula is C15H12BrCl2NO. The lowest BCUT2D eigenvalue weighted by Crippen LogP contribution is -2.12. The Morgan fingerprint density at radius 2 is 1.50 bits per heavy atom. The van der Waals surface area contributed by atoms with E-state index < -0.39 is 0 Å². The van der Waals surface area contributed by atoms with Crippen molar-refractivity contribution in [3.63, 3.8) is 0 Å². The van der Waals surface area contributed by atoms with Crippen LogP contribution in [0.5, 0.6) is 0 Å². The average molecular weight is 373 g/mol. The first-order chi connectivity index (χ1) is 9.36. The Hall–Kier alpha value is -1.03. The van der Waals surface area contributed by atoms with E-state index in [9.17, 15) is 4.79 Å². The molecule has 0 aliphatic carbocycles. The number of aryl methyl sites for hydroxylation is 2. The van der Waals surface area contributed by atoms with E-state index in [1.165, 1.54) is 0 Å². The molecule has 104 valence electrons. The second-order valence-electron chi connectivity index (χ2n) is 4.54. The van der Waals surface area contributed by atoms with Gasteiger partial charge in [0.15, 0.2) is 0 Å². The van der Waals surface area contributed by atoms with Crippen molar-refractivity contribution in [3.8, 4) is 0 Å². The van der Waals surface area contributed by atoms with Crippen molar-refractivity contribution in [1.29, 1.82) is 0 Å². The third-order valence-electron chi connectivity index (χ3n) is 2.82. The zero-order valence-electron chi connectivity index (χ0n) is 10.9. The summed E-state index contributed by atoms with van der Waals surface area (Å²) in [6.45, 7) is 3.95. The molecule has 0 spiro atoms. The minimum absolute atomic E-state index is 0.240. The summed E-state index contributed by atoms with van der Waals surface area (Å²) in [4.78, 5) is 12.2. The third kappa shape index (κ3) is 3.54. The molecule has 5 heteroatoms. The number of carbonyl (C=O) groups excluding carboxylic acids is 1. The van der Waals surface area contributed by atoms with Gasteiger partial charge in [-0.1, -0.05) is 39.1 Å². The Bertz CT molecular complexity index is 642. The third-order valence-corrected chi connectivity index (χ3v) is 4.51. The fourth-order valence-corrected chi connectivity index (χ4v) is 2.66. The van der Waals surface area contributed by atoms with Crippen LogP contribution in [0.25, 0.3) is 0 Å². The summed E-state index contributed by atoms with van der Waals surface area (Å²) in [6, 6.07) is 8.57. The first-order valence-electron chi connectivity index (χ1n) is 5.91. The Balaban J connectivity index is 2.28. The summed E-state index contributed by atoms with van der Waals surface area (Å²) in [6.07, 6.45) is 0. The smallest absolute Gasteiger partial charge is 0.255 e. The van der Waals surface area contributed by atoms with Crippen molar-refractivity contribution < 1.29 is 4.79 Å². The topological polar surface area (TPSA) is 29.1 Å². The second kappa shape index (κ2) is 6.17. The van der Waals surface area contributed by atoms with Crippen LogP contribution in [0, 0.1) is 13.8 Å². The van der Waals surface area contributed by atoms with Gasteiger partial charge >= 0.3 is 0 Å². The van der Waals surface area contributed by atoms with Gasteiger partial charge in [0.2, 0.25) is 0 Å². The highest BCUT2D eigenvalue weighted by molar-refractivity contribution is 9.10. The molecule has 1 amide bonds. The van der Waals surface area contributed by atoms with Crippen LogP contribution in [0.4, 0.5) is 5.69 Å². The maximum Gasteiger partial charge on any atom is 0.255 e. The summed E-state index contributed by atoms with van der Waals surface area (Å²) in [5.41, 5.74) is 3.29. The first-order valence-corrected chi connectivity index (χ1v) is 7.46. The highest BCUT2D eigenvalue weighted by atomic mass is 79.9. The largest absolute Gasteiger partial charge is 0.322 e. The first kappa shape index (κ1) is 15.4. The SMILES string of the molecule is Cc1cc(NC(=O)c2cc(Cl)cc(Cl)c2)cc(C)c1Br. The molecule has 0 radical (unpaired) electrons. The van der Waals surface area contributed by atoms with E-state index in [1.54, 1.807) is 18.2 Å². The van der Waals surface area contributed by atoms with Crippen molar-refractivity contribution in [2.75, 3.05) is 5.32 Å². The number of benzene rings is 2. The molecule has 20 heavy (non-hydrogen) atoms. The van der Waals surface area contributed by atoms with Crippen molar-refractivity contribution >= 4 is 50.7 Å². The predicted octanol–water partition coefficient (Wildman–Crippen LogP) is 5.63. The molecule has 0 fully saturated rings. The van der Waals surface area contributed by atoms with Crippen LogP contribution in [-0.4, -0.2) is 5.91 Å². The van der Waals surface area contributed by atoms with E-state index in [-0.39, 0.29) is 5.91 Å². The molecular weight excluding hydrogens is 361 g/mol. The number of carbonyl (C=O) groups is 1. The molecule has 0 bridgehead atoms. The van der Waals surface area contributed by atoms with E-state index in [2.05, 4.69) is 21.2 Å². The number of halogens is 3. The van der Waals surface area contributed by atoms with Crippen molar-refractivity contribution in [3.05, 3.63) is 61.5 Å². The van der Waals surface area contributed by atoms with Gasteiger partial charge in [-0.05, 0) is 55.3 Å². The van der Waals surface area contributed by atoms with E-state index in [1.807, 2.05) is 26.0 Å². The van der Waals surface area contributed by atoms with E-state index in [0.717, 1.165) is 21.3 Å². The lowest BCUT2D eigenvalue weighted by Gasteiger charge is -2.10. The molecule has 0 saturated heterocycles. The van der Waals surface area contributed by atoms with Crippen molar-refractivity contribution in [2.24, 2.45) is 0 Å². The zero-order chi connectivity index (χ0) is 14.9. The molecule has 0 aliphatic heterocycles. The molecule has 2 aromatic carbocycles. The number of anilines is 1. The van der Waals surface area contributed by atoms with Gasteiger partial charge in [-0.3, -0.25) is 4.79 Å². The Kier molecular flexibility index (Phi) is 4.74. The Morgan fingerprint density at radius 3 is 2.00 bits per heavy atom. The number of hydrogen-bond acceptors (Lipinski definition) is 1. The van der Waals surface area contributed by atoms with Crippen LogP contribution < -0.4 is 5.32 Å². The molecule has 2 nitrogen and oxygen atoms in total. The summed E-state index contributed by atoms with van der Waals surface area (Å²) in [5, 5.41) is 3.72. The fraction of sp³-hybridized carbons (Fsp3) is 0.133. The van der Waals surface area contributed by atoms with Gasteiger partial charge in [0.25, 0.3) is 5.91 Å². The van der Waals surface area contributed by atoms with E-state index in [4.69, 9.17) is 23.2 Å². The van der Waals surface area contributed by atoms with E-state index >= 15 is 0 Å². The molecule has 2 rings (SSSR count). The molecule has 1 N–H and O–H groups in total. The summed E-state index contributed by atoms with van der Waals surface area (Å²) < 4.78 is 1.04. The fourth-order valence-electron chi connectivity index (χ4n) is 1.91. The van der Waals surface area contributed by atoms with Crippen molar-refractivity contribution in [2.45, 2.75) is 13.8 Å². The normalized spacial score (nSPS) is 10.4. The monoisotopic (exact) mass is 371 g/mol. The maximum atomic E-state index is 12.2. The zero-order valence-corrected chi connectivity index (χ0v) is 14.0. The van der Waals surface area contributed by atoms with Crippen LogP contribution in [-0.2, 0) is 0 Å². The number of nitrogens with one attached hydrogen (secondary N) is 1. The van der Waals surface area contributed by atoms with Crippen LogP contribution in [0.3, 0.4) is 0 Å². The van der Waals surface area contributed by atoms with Gasteiger partial charge in [-0.15, -0.1) is 0 Å². The molecule has 2 aromatic rings. The lowest BCUT2D eigenvalue weighted by molar-refractivity contribution is 0.102. The second-order valence-corrected chi connectivity index (χ2v) is 6.20.